The van der Waals surface area contributed by atoms with Crippen molar-refractivity contribution in [1.29, 1.82) is 0 Å². The van der Waals surface area contributed by atoms with Crippen molar-refractivity contribution in [2.75, 3.05) is 6.54 Å². The summed E-state index contributed by atoms with van der Waals surface area (Å²) in [6.07, 6.45) is 19.0. The summed E-state index contributed by atoms with van der Waals surface area (Å²) in [5, 5.41) is 4.48. The lowest BCUT2D eigenvalue weighted by Gasteiger charge is -2.38. The fraction of sp³-hybridized carbons (Fsp3) is 1.00. The predicted octanol–water partition coefficient (Wildman–Crippen LogP) is 9.27. The summed E-state index contributed by atoms with van der Waals surface area (Å²) in [7, 11) is 0. The van der Waals surface area contributed by atoms with Crippen molar-refractivity contribution >= 4 is 12.6 Å². The first kappa shape index (κ1) is 27.9. The molecule has 0 bridgehead atoms. The molecule has 1 saturated heterocycles. The lowest BCUT2D eigenvalue weighted by atomic mass is 9.70. The Morgan fingerprint density at radius 3 is 2.19 bits per heavy atom. The summed E-state index contributed by atoms with van der Waals surface area (Å²) in [6, 6.07) is 0.633. The molecule has 0 spiro atoms. The Hall–Kier alpha value is 0.310. The number of fused-ring (bicyclic) bond motifs is 5. The minimum absolute atomic E-state index is 0.546. The number of rotatable bonds is 2. The van der Waals surface area contributed by atoms with Crippen molar-refractivity contribution in [2.45, 2.75) is 136 Å². The van der Waals surface area contributed by atoms with Crippen LogP contribution in [0.4, 0.5) is 0 Å². The molecule has 1 heterocycles. The molecule has 0 aromatic rings. The van der Waals surface area contributed by atoms with Gasteiger partial charge in [-0.05, 0) is 161 Å². The van der Waals surface area contributed by atoms with E-state index in [-0.39, 0.29) is 0 Å². The maximum absolute atomic E-state index is 5.37. The zero-order valence-electron chi connectivity index (χ0n) is 24.9. The molecule has 13 atom stereocenters. The fourth-order valence-corrected chi connectivity index (χ4v) is 11.4. The van der Waals surface area contributed by atoms with E-state index in [1.165, 1.54) is 83.6 Å². The van der Waals surface area contributed by atoms with Gasteiger partial charge < -0.3 is 5.32 Å². The zero-order valence-corrected chi connectivity index (χ0v) is 25.7. The van der Waals surface area contributed by atoms with Gasteiger partial charge in [-0.15, -0.1) is 0 Å². The second kappa shape index (κ2) is 11.4. The molecular weight excluding hydrogens is 454 g/mol. The molecule has 0 aromatic heterocycles. The molecule has 1 nitrogen and oxygen atoms in total. The van der Waals surface area contributed by atoms with Crippen LogP contribution in [0.15, 0.2) is 0 Å². The zero-order chi connectivity index (χ0) is 25.6. The van der Waals surface area contributed by atoms with E-state index < -0.39 is 0 Å². The van der Waals surface area contributed by atoms with Crippen molar-refractivity contribution in [3.05, 3.63) is 0 Å². The van der Waals surface area contributed by atoms with E-state index in [2.05, 4.69) is 46.9 Å². The Morgan fingerprint density at radius 2 is 1.39 bits per heavy atom. The molecule has 4 saturated carbocycles. The minimum atomic E-state index is 0.546. The molecule has 1 N–H and O–H groups in total. The van der Waals surface area contributed by atoms with Crippen LogP contribution in [0.5, 0.6) is 0 Å². The van der Waals surface area contributed by atoms with Crippen molar-refractivity contribution in [3.8, 4) is 0 Å². The first-order valence-electron chi connectivity index (χ1n) is 16.5. The third-order valence-electron chi connectivity index (χ3n) is 12.9. The van der Waals surface area contributed by atoms with Gasteiger partial charge >= 0.3 is 0 Å². The van der Waals surface area contributed by atoms with Gasteiger partial charge in [0.05, 0.1) is 0 Å². The second-order valence-corrected chi connectivity index (χ2v) is 16.7. The van der Waals surface area contributed by atoms with E-state index in [1.807, 2.05) is 0 Å². The number of hydrogen-bond acceptors (Lipinski definition) is 2. The van der Waals surface area contributed by atoms with E-state index in [0.717, 1.165) is 65.1 Å². The van der Waals surface area contributed by atoms with E-state index in [4.69, 9.17) is 12.6 Å². The smallest absolute Gasteiger partial charge is 0.0199 e. The third kappa shape index (κ3) is 5.90. The lowest BCUT2D eigenvalue weighted by molar-refractivity contribution is 0.139. The van der Waals surface area contributed by atoms with Crippen LogP contribution in [0.25, 0.3) is 0 Å². The summed E-state index contributed by atoms with van der Waals surface area (Å²) in [5.41, 5.74) is 0.571. The Labute approximate surface area is 230 Å². The van der Waals surface area contributed by atoms with Crippen LogP contribution in [0.3, 0.4) is 0 Å². The van der Waals surface area contributed by atoms with Crippen molar-refractivity contribution in [2.24, 2.45) is 70.5 Å². The van der Waals surface area contributed by atoms with Crippen molar-refractivity contribution in [3.63, 3.8) is 0 Å². The molecule has 0 aromatic carbocycles. The number of thiol groups is 1. The van der Waals surface area contributed by atoms with Gasteiger partial charge in [-0.2, -0.15) is 12.6 Å². The molecule has 5 aliphatic rings. The van der Waals surface area contributed by atoms with Gasteiger partial charge in [-0.1, -0.05) is 41.5 Å². The van der Waals surface area contributed by atoms with Gasteiger partial charge in [-0.25, -0.2) is 0 Å². The van der Waals surface area contributed by atoms with E-state index >= 15 is 0 Å². The molecule has 208 valence electrons. The van der Waals surface area contributed by atoms with E-state index in [9.17, 15) is 0 Å². The predicted molar refractivity (Wildman–Crippen MR) is 159 cm³/mol. The molecule has 4 aliphatic carbocycles. The van der Waals surface area contributed by atoms with Gasteiger partial charge in [0, 0.05) is 11.3 Å². The number of hydrogen-bond donors (Lipinski definition) is 2. The molecule has 13 unspecified atom stereocenters. The van der Waals surface area contributed by atoms with E-state index in [0.29, 0.717) is 16.7 Å². The normalized spacial score (nSPS) is 50.8. The average molecular weight is 516 g/mol. The van der Waals surface area contributed by atoms with Crippen LogP contribution in [-0.2, 0) is 0 Å². The SMILES string of the molecule is CC1CCNC(C(S)C2CCC3C(C)C4C5CCC(C)(C)CCC5CC(C)CC4C3CC(C)C2)CC1. The van der Waals surface area contributed by atoms with Crippen LogP contribution in [0.2, 0.25) is 0 Å². The summed E-state index contributed by atoms with van der Waals surface area (Å²) in [6.45, 7) is 16.7. The molecule has 1 aliphatic heterocycles. The summed E-state index contributed by atoms with van der Waals surface area (Å²) >= 11 is 5.37. The second-order valence-electron chi connectivity index (χ2n) is 16.1. The average Bonchev–Trinajstić information content (AvgIpc) is 3.04. The van der Waals surface area contributed by atoms with Gasteiger partial charge in [0.2, 0.25) is 0 Å². The largest absolute Gasteiger partial charge is 0.313 e. The van der Waals surface area contributed by atoms with Crippen molar-refractivity contribution in [1.82, 2.24) is 5.32 Å². The molecule has 2 heteroatoms. The molecular formula is C34H61NS. The van der Waals surface area contributed by atoms with Gasteiger partial charge in [0.25, 0.3) is 0 Å². The first-order valence-corrected chi connectivity index (χ1v) is 17.1. The topological polar surface area (TPSA) is 12.0 Å². The molecule has 5 fully saturated rings. The summed E-state index contributed by atoms with van der Waals surface area (Å²) in [4.78, 5) is 0. The first-order chi connectivity index (χ1) is 17.1. The summed E-state index contributed by atoms with van der Waals surface area (Å²) in [5.74, 6) is 10.5. The highest BCUT2D eigenvalue weighted by molar-refractivity contribution is 7.81. The van der Waals surface area contributed by atoms with Crippen LogP contribution >= 0.6 is 12.6 Å². The lowest BCUT2D eigenvalue weighted by Crippen LogP contribution is -2.41. The minimum Gasteiger partial charge on any atom is -0.313 e. The Morgan fingerprint density at radius 1 is 0.667 bits per heavy atom. The maximum Gasteiger partial charge on any atom is 0.0199 e. The monoisotopic (exact) mass is 515 g/mol. The highest BCUT2D eigenvalue weighted by Gasteiger charge is 2.54. The van der Waals surface area contributed by atoms with Crippen LogP contribution in [-0.4, -0.2) is 17.8 Å². The van der Waals surface area contributed by atoms with Gasteiger partial charge in [0.15, 0.2) is 0 Å². The Bertz CT molecular complexity index is 718. The molecule has 0 amide bonds. The Kier molecular flexibility index (Phi) is 8.84. The highest BCUT2D eigenvalue weighted by Crippen LogP contribution is 2.62. The van der Waals surface area contributed by atoms with Gasteiger partial charge in [-0.3, -0.25) is 0 Å². The van der Waals surface area contributed by atoms with Crippen molar-refractivity contribution < 1.29 is 0 Å². The quantitative estimate of drug-likeness (QED) is 0.349. The van der Waals surface area contributed by atoms with E-state index in [1.54, 1.807) is 6.42 Å². The number of nitrogens with one attached hydrogen (secondary N) is 1. The molecule has 0 radical (unpaired) electrons. The summed E-state index contributed by atoms with van der Waals surface area (Å²) < 4.78 is 0. The van der Waals surface area contributed by atoms with Gasteiger partial charge in [0.1, 0.15) is 0 Å². The third-order valence-corrected chi connectivity index (χ3v) is 13.6. The van der Waals surface area contributed by atoms with Crippen LogP contribution in [0, 0.1) is 70.5 Å². The molecule has 5 rings (SSSR count). The highest BCUT2D eigenvalue weighted by atomic mass is 32.1. The fourth-order valence-electron chi connectivity index (χ4n) is 10.9. The molecule has 36 heavy (non-hydrogen) atoms. The standard InChI is InChI=1S/C34H61NS/c1-21-7-10-31(35-16-13-21)33(36)26-8-9-27-24(4)32-28-12-15-34(5,6)14-11-25(28)17-22(2)20-30(32)29(27)19-23(3)18-26/h21-33,35-36H,7-20H2,1-6H3. The van der Waals surface area contributed by atoms with Crippen LogP contribution < -0.4 is 5.32 Å². The maximum atomic E-state index is 5.37. The van der Waals surface area contributed by atoms with Crippen LogP contribution in [0.1, 0.15) is 125 Å². The Balaban J connectivity index is 1.33.